The van der Waals surface area contributed by atoms with Crippen molar-refractivity contribution in [2.45, 2.75) is 24.2 Å². The summed E-state index contributed by atoms with van der Waals surface area (Å²) in [5.41, 5.74) is 0. The van der Waals surface area contributed by atoms with E-state index in [9.17, 15) is 44.3 Å². The molecule has 0 amide bonds. The van der Waals surface area contributed by atoms with E-state index >= 15 is 0 Å². The van der Waals surface area contributed by atoms with Crippen molar-refractivity contribution in [3.63, 3.8) is 0 Å². The van der Waals surface area contributed by atoms with Gasteiger partial charge in [-0.05, 0) is 6.58 Å². The number of esters is 1. The third-order valence-electron chi connectivity index (χ3n) is 1.67. The van der Waals surface area contributed by atoms with E-state index in [1.54, 1.807) is 0 Å². The van der Waals surface area contributed by atoms with Crippen LogP contribution in [0.3, 0.4) is 0 Å². The summed E-state index contributed by atoms with van der Waals surface area (Å²) in [7, 11) is 0.227. The lowest BCUT2D eigenvalue weighted by atomic mass is 10.2. The van der Waals surface area contributed by atoms with Gasteiger partial charge in [0, 0.05) is 0 Å². The lowest BCUT2D eigenvalue weighted by molar-refractivity contribution is -0.490. The fourth-order valence-corrected chi connectivity index (χ4v) is 0.824. The monoisotopic (exact) mass is 336 g/mol. The molecule has 0 aliphatic carbocycles. The number of carbonyl (C=O) groups excluding carboxylic acids is 1. The molecule has 0 saturated heterocycles. The smallest absolute Gasteiger partial charge is 0.463 e. The van der Waals surface area contributed by atoms with E-state index in [1.807, 2.05) is 6.58 Å². The van der Waals surface area contributed by atoms with Crippen LogP contribution in [0.4, 0.5) is 39.5 Å². The topological polar surface area (TPSA) is 44.8 Å². The molecule has 13 heteroatoms. The van der Waals surface area contributed by atoms with Crippen LogP contribution in [0.2, 0.25) is 0 Å². The Bertz CT molecular complexity index is 418. The van der Waals surface area contributed by atoms with Crippen molar-refractivity contribution in [3.8, 4) is 0 Å². The van der Waals surface area contributed by atoms with Crippen molar-refractivity contribution in [3.05, 3.63) is 12.6 Å². The molecule has 1 atom stereocenters. The molecule has 0 aliphatic heterocycles. The summed E-state index contributed by atoms with van der Waals surface area (Å²) in [6.07, 6.45) is -18.9. The molecule has 0 aromatic carbocycles. The summed E-state index contributed by atoms with van der Waals surface area (Å²) >= 11 is 0. The molecule has 0 bridgehead atoms. The van der Waals surface area contributed by atoms with Crippen LogP contribution in [0.25, 0.3) is 0 Å². The zero-order valence-electron chi connectivity index (χ0n) is 9.74. The summed E-state index contributed by atoms with van der Waals surface area (Å²) in [5, 5.41) is 0. The summed E-state index contributed by atoms with van der Waals surface area (Å²) in [4.78, 5) is 10.4. The lowest BCUT2D eigenvalue weighted by Crippen LogP contribution is -2.61. The van der Waals surface area contributed by atoms with E-state index in [4.69, 9.17) is 0 Å². The minimum Gasteiger partial charge on any atom is -0.463 e. The number of hydrogen-bond acceptors (Lipinski definition) is 4. The predicted octanol–water partition coefficient (Wildman–Crippen LogP) is 3.05. The fourth-order valence-electron chi connectivity index (χ4n) is 0.824. The quantitative estimate of drug-likeness (QED) is 0.425. The molecule has 4 nitrogen and oxygen atoms in total. The van der Waals surface area contributed by atoms with Crippen molar-refractivity contribution in [1.29, 1.82) is 0 Å². The zero-order valence-corrected chi connectivity index (χ0v) is 9.74. The zero-order chi connectivity index (χ0) is 17.3. The van der Waals surface area contributed by atoms with Crippen molar-refractivity contribution >= 4 is 5.97 Å². The van der Waals surface area contributed by atoms with Crippen molar-refractivity contribution in [1.82, 2.24) is 0 Å². The molecule has 0 spiro atoms. The molecule has 1 unspecified atom stereocenters. The van der Waals surface area contributed by atoms with Gasteiger partial charge in [-0.15, -0.1) is 0 Å². The number of hydrogen-bond donors (Lipinski definition) is 0. The first-order valence-corrected chi connectivity index (χ1v) is 4.44. The number of alkyl halides is 8. The number of methoxy groups -OCH3 is 1. The van der Waals surface area contributed by atoms with Crippen LogP contribution in [0, 0.1) is 0 Å². The van der Waals surface area contributed by atoms with Crippen LogP contribution in [0.15, 0.2) is 12.6 Å². The molecule has 0 aromatic heterocycles. The van der Waals surface area contributed by atoms with E-state index in [2.05, 4.69) is 14.2 Å². The molecular formula is C8H5F9O4. The Kier molecular flexibility index (Phi) is 5.17. The Hall–Kier alpha value is -1.66. The second kappa shape index (κ2) is 5.61. The Balaban J connectivity index is 5.80. The fraction of sp³-hybridized carbons (Fsp3) is 0.625. The molecule has 0 rings (SSSR count). The molecule has 0 heterocycles. The SMILES string of the molecule is C=C(F)OC(F)(F)C(F)(OC(F)(F)C(=O)OC)C(F)(F)F. The summed E-state index contributed by atoms with van der Waals surface area (Å²) in [6.45, 7) is 1.95. The lowest BCUT2D eigenvalue weighted by Gasteiger charge is -2.34. The summed E-state index contributed by atoms with van der Waals surface area (Å²) in [5.74, 6) is -9.49. The highest BCUT2D eigenvalue weighted by molar-refractivity contribution is 5.75. The minimum absolute atomic E-state index is 0.227. The molecule has 0 aliphatic rings. The molecule has 21 heavy (non-hydrogen) atoms. The van der Waals surface area contributed by atoms with Gasteiger partial charge in [-0.1, -0.05) is 0 Å². The van der Waals surface area contributed by atoms with Gasteiger partial charge in [0.25, 0.3) is 6.01 Å². The third-order valence-corrected chi connectivity index (χ3v) is 1.67. The molecule has 0 aromatic rings. The first kappa shape index (κ1) is 19.3. The van der Waals surface area contributed by atoms with E-state index in [0.29, 0.717) is 0 Å². The Morgan fingerprint density at radius 2 is 1.43 bits per heavy atom. The van der Waals surface area contributed by atoms with Gasteiger partial charge in [0.1, 0.15) is 0 Å². The van der Waals surface area contributed by atoms with Crippen molar-refractivity contribution in [2.75, 3.05) is 7.11 Å². The maximum atomic E-state index is 13.3. The summed E-state index contributed by atoms with van der Waals surface area (Å²) < 4.78 is 121. The largest absolute Gasteiger partial charge is 0.471 e. The molecule has 0 N–H and O–H groups in total. The van der Waals surface area contributed by atoms with Gasteiger partial charge in [0.05, 0.1) is 7.11 Å². The van der Waals surface area contributed by atoms with Crippen LogP contribution < -0.4 is 0 Å². The van der Waals surface area contributed by atoms with Gasteiger partial charge in [-0.25, -0.2) is 4.79 Å². The van der Waals surface area contributed by atoms with Crippen LogP contribution >= 0.6 is 0 Å². The third kappa shape index (κ3) is 3.92. The number of carbonyl (C=O) groups is 1. The van der Waals surface area contributed by atoms with Crippen molar-refractivity contribution < 1.29 is 58.5 Å². The average molecular weight is 336 g/mol. The number of halogens is 9. The number of rotatable bonds is 6. The minimum atomic E-state index is -6.84. The van der Waals surface area contributed by atoms with Crippen molar-refractivity contribution in [2.24, 2.45) is 0 Å². The normalized spacial score (nSPS) is 16.1. The van der Waals surface area contributed by atoms with E-state index < -0.39 is 36.2 Å². The highest BCUT2D eigenvalue weighted by Crippen LogP contribution is 2.50. The maximum Gasteiger partial charge on any atom is 0.471 e. The highest BCUT2D eigenvalue weighted by atomic mass is 19.4. The highest BCUT2D eigenvalue weighted by Gasteiger charge is 2.79. The van der Waals surface area contributed by atoms with Gasteiger partial charge in [0.15, 0.2) is 0 Å². The van der Waals surface area contributed by atoms with Gasteiger partial charge in [0.2, 0.25) is 0 Å². The Morgan fingerprint density at radius 3 is 1.71 bits per heavy atom. The van der Waals surface area contributed by atoms with E-state index in [0.717, 1.165) is 0 Å². The molecule has 0 saturated carbocycles. The van der Waals surface area contributed by atoms with E-state index in [1.165, 1.54) is 0 Å². The van der Waals surface area contributed by atoms with Gasteiger partial charge < -0.3 is 9.47 Å². The predicted molar refractivity (Wildman–Crippen MR) is 44.2 cm³/mol. The molecule has 0 radical (unpaired) electrons. The second-order valence-electron chi connectivity index (χ2n) is 3.18. The molecule has 124 valence electrons. The first-order chi connectivity index (χ1) is 9.10. The van der Waals surface area contributed by atoms with Gasteiger partial charge in [-0.3, -0.25) is 4.74 Å². The van der Waals surface area contributed by atoms with Gasteiger partial charge in [-0.2, -0.15) is 39.5 Å². The Labute approximate surface area is 110 Å². The molecule has 0 fully saturated rings. The van der Waals surface area contributed by atoms with Gasteiger partial charge >= 0.3 is 30.2 Å². The van der Waals surface area contributed by atoms with Crippen LogP contribution in [-0.2, 0) is 19.0 Å². The second-order valence-corrected chi connectivity index (χ2v) is 3.18. The Morgan fingerprint density at radius 1 is 1.00 bits per heavy atom. The van der Waals surface area contributed by atoms with Crippen LogP contribution in [-0.4, -0.2) is 37.3 Å². The van der Waals surface area contributed by atoms with Crippen LogP contribution in [0.1, 0.15) is 0 Å². The molecular weight excluding hydrogens is 331 g/mol. The summed E-state index contributed by atoms with van der Waals surface area (Å²) in [6, 6.07) is -2.63. The average Bonchev–Trinajstić information content (AvgIpc) is 2.23. The van der Waals surface area contributed by atoms with Crippen LogP contribution in [0.5, 0.6) is 0 Å². The first-order valence-electron chi connectivity index (χ1n) is 4.44. The number of ether oxygens (including phenoxy) is 3. The maximum absolute atomic E-state index is 13.3. The van der Waals surface area contributed by atoms with E-state index in [-0.39, 0.29) is 7.11 Å². The standard InChI is InChI=1S/C8H5F9O4/c1-3(9)20-8(16,17)6(12,7(13,14)15)21-5(10,11)4(18)19-2/h1H2,2H3.